The number of piperidine rings is 1. The highest BCUT2D eigenvalue weighted by Crippen LogP contribution is 2.55. The summed E-state index contributed by atoms with van der Waals surface area (Å²) >= 11 is 0. The molecule has 4 atom stereocenters. The summed E-state index contributed by atoms with van der Waals surface area (Å²) in [6.45, 7) is 1.66. The summed E-state index contributed by atoms with van der Waals surface area (Å²) in [4.78, 5) is 47.0. The summed E-state index contributed by atoms with van der Waals surface area (Å²) in [7, 11) is 0. The van der Waals surface area contributed by atoms with Crippen molar-refractivity contribution in [2.75, 3.05) is 4.90 Å². The zero-order chi connectivity index (χ0) is 20.8. The van der Waals surface area contributed by atoms with Gasteiger partial charge in [0.2, 0.25) is 5.91 Å². The second-order valence-corrected chi connectivity index (χ2v) is 8.14. The minimum atomic E-state index is -1.47. The minimum Gasteiger partial charge on any atom is -0.381 e. The van der Waals surface area contributed by atoms with Crippen LogP contribution in [0.1, 0.15) is 24.9 Å². The average molecular weight is 402 g/mol. The molecule has 3 aliphatic heterocycles. The molecule has 2 aromatic carbocycles. The van der Waals surface area contributed by atoms with Crippen molar-refractivity contribution in [3.8, 4) is 0 Å². The zero-order valence-corrected chi connectivity index (χ0v) is 16.1. The van der Waals surface area contributed by atoms with Crippen molar-refractivity contribution in [1.29, 1.82) is 0 Å². The van der Waals surface area contributed by atoms with Crippen LogP contribution in [0, 0.1) is 0 Å². The normalized spacial score (nSPS) is 29.5. The fraction of sp³-hybridized carbons (Fsp3) is 0.273. The summed E-state index contributed by atoms with van der Waals surface area (Å²) in [6, 6.07) is 12.4. The van der Waals surface area contributed by atoms with Gasteiger partial charge in [0.15, 0.2) is 0 Å². The van der Waals surface area contributed by atoms with Crippen LogP contribution in [0.2, 0.25) is 0 Å². The number of nitrogens with zero attached hydrogens (tertiary/aromatic N) is 4. The molecule has 0 radical (unpaired) electrons. The molecule has 4 heterocycles. The van der Waals surface area contributed by atoms with E-state index in [1.807, 2.05) is 0 Å². The highest BCUT2D eigenvalue weighted by molar-refractivity contribution is 6.06. The molecule has 8 nitrogen and oxygen atoms in total. The fourth-order valence-electron chi connectivity index (χ4n) is 5.26. The summed E-state index contributed by atoms with van der Waals surface area (Å²) < 4.78 is 1.29. The number of carbonyl (C=O) groups is 2. The van der Waals surface area contributed by atoms with Crippen LogP contribution in [0.15, 0.2) is 59.7 Å². The molecule has 2 fully saturated rings. The Morgan fingerprint density at radius 1 is 1.03 bits per heavy atom. The second-order valence-electron chi connectivity index (χ2n) is 8.14. The van der Waals surface area contributed by atoms with E-state index in [1.165, 1.54) is 20.7 Å². The molecule has 1 N–H and O–H groups in total. The van der Waals surface area contributed by atoms with Crippen LogP contribution in [0.4, 0.5) is 5.69 Å². The number of aliphatic hydroxyl groups is 1. The van der Waals surface area contributed by atoms with Crippen molar-refractivity contribution in [2.45, 2.75) is 37.2 Å². The molecule has 0 spiro atoms. The number of hydrogen-bond acceptors (Lipinski definition) is 5. The van der Waals surface area contributed by atoms with Gasteiger partial charge in [-0.3, -0.25) is 23.9 Å². The molecule has 0 unspecified atom stereocenters. The molecule has 30 heavy (non-hydrogen) atoms. The monoisotopic (exact) mass is 402 g/mol. The lowest BCUT2D eigenvalue weighted by atomic mass is 9.82. The summed E-state index contributed by atoms with van der Waals surface area (Å²) in [5, 5.41) is 12.2. The molecule has 150 valence electrons. The average Bonchev–Trinajstić information content (AvgIpc) is 3.18. The first-order valence-corrected chi connectivity index (χ1v) is 9.86. The highest BCUT2D eigenvalue weighted by Gasteiger charge is 2.66. The van der Waals surface area contributed by atoms with E-state index >= 15 is 0 Å². The Morgan fingerprint density at radius 2 is 1.77 bits per heavy atom. The molecule has 0 bridgehead atoms. The van der Waals surface area contributed by atoms with E-state index in [4.69, 9.17) is 0 Å². The minimum absolute atomic E-state index is 0.0135. The topological polar surface area (TPSA) is 95.7 Å². The summed E-state index contributed by atoms with van der Waals surface area (Å²) in [5.74, 6) is -0.596. The number of hydrogen-bond donors (Lipinski definition) is 1. The van der Waals surface area contributed by atoms with Crippen molar-refractivity contribution in [3.63, 3.8) is 0 Å². The van der Waals surface area contributed by atoms with Crippen LogP contribution in [-0.4, -0.2) is 43.6 Å². The van der Waals surface area contributed by atoms with E-state index in [0.717, 1.165) is 0 Å². The van der Waals surface area contributed by atoms with Gasteiger partial charge in [0, 0.05) is 12.0 Å². The van der Waals surface area contributed by atoms with Gasteiger partial charge in [-0.2, -0.15) is 0 Å². The quantitative estimate of drug-likeness (QED) is 0.658. The lowest BCUT2D eigenvalue weighted by Crippen LogP contribution is -2.61. The van der Waals surface area contributed by atoms with Crippen molar-refractivity contribution in [1.82, 2.24) is 14.5 Å². The number of fused-ring (bicyclic) bond motifs is 4. The number of amides is 2. The number of benzene rings is 2. The Morgan fingerprint density at radius 3 is 2.60 bits per heavy atom. The number of anilines is 1. The number of rotatable bonds is 1. The molecule has 0 aliphatic carbocycles. The molecule has 0 saturated carbocycles. The third-order valence-electron chi connectivity index (χ3n) is 6.65. The summed E-state index contributed by atoms with van der Waals surface area (Å²) in [5.41, 5.74) is -0.0647. The van der Waals surface area contributed by atoms with Crippen LogP contribution in [0.3, 0.4) is 0 Å². The van der Waals surface area contributed by atoms with E-state index in [-0.39, 0.29) is 23.8 Å². The van der Waals surface area contributed by atoms with Gasteiger partial charge in [-0.15, -0.1) is 0 Å². The maximum Gasteiger partial charge on any atom is 0.261 e. The van der Waals surface area contributed by atoms with Crippen LogP contribution in [0.25, 0.3) is 10.9 Å². The number of carbonyl (C=O) groups excluding carboxylic acids is 2. The van der Waals surface area contributed by atoms with Crippen molar-refractivity contribution in [3.05, 3.63) is 70.8 Å². The molecule has 3 aromatic rings. The Bertz CT molecular complexity index is 1320. The highest BCUT2D eigenvalue weighted by atomic mass is 16.3. The second kappa shape index (κ2) is 5.54. The fourth-order valence-corrected chi connectivity index (χ4v) is 5.26. The standard InChI is InChI=1S/C22H18N4O4/c1-12-18(27)26-16-9-5-3-7-14(16)22(30)10-17(20(29)25(12)21(22)26)24-11-23-15-8-4-2-6-13(15)19(24)28/h2-9,11-12,17,21,30H,10H2,1H3/t12-,17+,21+,22+/m0/s1. The van der Waals surface area contributed by atoms with Crippen molar-refractivity contribution >= 4 is 28.4 Å². The molecular weight excluding hydrogens is 384 g/mol. The van der Waals surface area contributed by atoms with Gasteiger partial charge in [0.1, 0.15) is 23.9 Å². The van der Waals surface area contributed by atoms with Gasteiger partial charge in [-0.1, -0.05) is 30.3 Å². The Hall–Kier alpha value is -3.52. The zero-order valence-electron chi connectivity index (χ0n) is 16.1. The van der Waals surface area contributed by atoms with Crippen molar-refractivity contribution in [2.24, 2.45) is 0 Å². The first-order chi connectivity index (χ1) is 14.4. The maximum atomic E-state index is 13.5. The van der Waals surface area contributed by atoms with E-state index in [0.29, 0.717) is 22.2 Å². The van der Waals surface area contributed by atoms with Gasteiger partial charge in [-0.05, 0) is 25.1 Å². The predicted molar refractivity (Wildman–Crippen MR) is 108 cm³/mol. The molecule has 3 aliphatic rings. The Labute approximate surface area is 171 Å². The lowest BCUT2D eigenvalue weighted by molar-refractivity contribution is -0.158. The SMILES string of the molecule is C[C@H]1C(=O)N2c3ccccc3[C@]3(O)C[C@@H](n4cnc5ccccc5c4=O)C(=O)N1[C@H]23. The first kappa shape index (κ1) is 17.3. The van der Waals surface area contributed by atoms with Crippen LogP contribution in [-0.2, 0) is 15.2 Å². The van der Waals surface area contributed by atoms with E-state index in [1.54, 1.807) is 55.5 Å². The largest absolute Gasteiger partial charge is 0.381 e. The lowest BCUT2D eigenvalue weighted by Gasteiger charge is -2.44. The van der Waals surface area contributed by atoms with Gasteiger partial charge >= 0.3 is 0 Å². The van der Waals surface area contributed by atoms with E-state index in [2.05, 4.69) is 4.98 Å². The molecule has 6 rings (SSSR count). The van der Waals surface area contributed by atoms with Gasteiger partial charge < -0.3 is 10.0 Å². The van der Waals surface area contributed by atoms with E-state index < -0.39 is 23.9 Å². The molecule has 1 aromatic heterocycles. The molecule has 8 heteroatoms. The van der Waals surface area contributed by atoms with Crippen LogP contribution in [0.5, 0.6) is 0 Å². The van der Waals surface area contributed by atoms with Crippen LogP contribution >= 0.6 is 0 Å². The van der Waals surface area contributed by atoms with Gasteiger partial charge in [0.25, 0.3) is 11.5 Å². The van der Waals surface area contributed by atoms with E-state index in [9.17, 15) is 19.5 Å². The molecular formula is C22H18N4O4. The van der Waals surface area contributed by atoms with Gasteiger partial charge in [-0.25, -0.2) is 4.98 Å². The predicted octanol–water partition coefficient (Wildman–Crippen LogP) is 1.13. The molecule has 2 saturated heterocycles. The Balaban J connectivity index is 1.57. The number of para-hydroxylation sites is 2. The first-order valence-electron chi connectivity index (χ1n) is 9.86. The van der Waals surface area contributed by atoms with Gasteiger partial charge in [0.05, 0.1) is 22.9 Å². The summed E-state index contributed by atoms with van der Waals surface area (Å²) in [6.07, 6.45) is 0.545. The smallest absolute Gasteiger partial charge is 0.261 e. The third-order valence-corrected chi connectivity index (χ3v) is 6.65. The number of aromatic nitrogens is 2. The van der Waals surface area contributed by atoms with Crippen molar-refractivity contribution < 1.29 is 14.7 Å². The third kappa shape index (κ3) is 1.89. The Kier molecular flexibility index (Phi) is 3.21. The molecule has 2 amide bonds. The maximum absolute atomic E-state index is 13.5. The van der Waals surface area contributed by atoms with Crippen LogP contribution < -0.4 is 10.5 Å².